The Bertz CT molecular complexity index is 245. The zero-order chi connectivity index (χ0) is 11.3. The molecule has 2 atom stereocenters. The van der Waals surface area contributed by atoms with Gasteiger partial charge < -0.3 is 9.47 Å². The number of carbonyl (C=O) groups is 1. The van der Waals surface area contributed by atoms with Gasteiger partial charge in [-0.25, -0.2) is 0 Å². The van der Waals surface area contributed by atoms with Gasteiger partial charge in [0.2, 0.25) is 0 Å². The predicted molar refractivity (Wildman–Crippen MR) is 58.2 cm³/mol. The van der Waals surface area contributed by atoms with Crippen molar-refractivity contribution in [2.75, 3.05) is 13.7 Å². The van der Waals surface area contributed by atoms with E-state index >= 15 is 0 Å². The van der Waals surface area contributed by atoms with Crippen LogP contribution < -0.4 is 0 Å². The van der Waals surface area contributed by atoms with Gasteiger partial charge in [0.25, 0.3) is 0 Å². The molecule has 0 unspecified atom stereocenters. The van der Waals surface area contributed by atoms with E-state index in [-0.39, 0.29) is 11.9 Å². The van der Waals surface area contributed by atoms with Crippen LogP contribution in [0.25, 0.3) is 0 Å². The molecule has 1 aliphatic rings. The first-order valence-corrected chi connectivity index (χ1v) is 5.56. The van der Waals surface area contributed by atoms with Crippen LogP contribution in [0.2, 0.25) is 0 Å². The Hall–Kier alpha value is -0.990. The third-order valence-electron chi connectivity index (χ3n) is 2.92. The molecule has 0 amide bonds. The average molecular weight is 212 g/mol. The molecule has 0 saturated heterocycles. The molecule has 1 rings (SSSR count). The van der Waals surface area contributed by atoms with Crippen LogP contribution in [0.3, 0.4) is 0 Å². The topological polar surface area (TPSA) is 35.5 Å². The van der Waals surface area contributed by atoms with Gasteiger partial charge in [-0.05, 0) is 37.7 Å². The van der Waals surface area contributed by atoms with Crippen molar-refractivity contribution in [2.45, 2.75) is 33.1 Å². The van der Waals surface area contributed by atoms with E-state index in [9.17, 15) is 4.79 Å². The predicted octanol–water partition coefficient (Wildman–Crippen LogP) is 2.52. The highest BCUT2D eigenvalue weighted by Gasteiger charge is 2.30. The van der Waals surface area contributed by atoms with Crippen molar-refractivity contribution in [3.63, 3.8) is 0 Å². The molecule has 86 valence electrons. The van der Waals surface area contributed by atoms with Gasteiger partial charge in [0, 0.05) is 0 Å². The number of carbonyl (C=O) groups excluding carboxylic acids is 1. The molecule has 0 aromatic carbocycles. The number of allylic oxidation sites excluding steroid dienone is 1. The summed E-state index contributed by atoms with van der Waals surface area (Å²) in [5.41, 5.74) is 1.30. The molecular formula is C12H20O3. The molecule has 1 aliphatic carbocycles. The summed E-state index contributed by atoms with van der Waals surface area (Å²) in [6, 6.07) is 0. The van der Waals surface area contributed by atoms with Gasteiger partial charge in [-0.2, -0.15) is 0 Å². The van der Waals surface area contributed by atoms with Crippen LogP contribution in [0.5, 0.6) is 0 Å². The zero-order valence-electron chi connectivity index (χ0n) is 9.79. The van der Waals surface area contributed by atoms with E-state index in [1.807, 2.05) is 6.92 Å². The second-order valence-corrected chi connectivity index (χ2v) is 4.09. The standard InChI is InChI=1S/C12H20O3/c1-4-15-12(13)11-6-5-10(8-14-3)7-9(11)2/h8-9,11H,4-7H2,1-3H3/b10-8-/t9-,11+/m0/s1. The van der Waals surface area contributed by atoms with Gasteiger partial charge in [0.1, 0.15) is 0 Å². The van der Waals surface area contributed by atoms with Crippen molar-refractivity contribution >= 4 is 5.97 Å². The Morgan fingerprint density at radius 3 is 2.87 bits per heavy atom. The fourth-order valence-corrected chi connectivity index (χ4v) is 2.16. The highest BCUT2D eigenvalue weighted by molar-refractivity contribution is 5.73. The van der Waals surface area contributed by atoms with Gasteiger partial charge in [0.15, 0.2) is 0 Å². The molecule has 0 aliphatic heterocycles. The van der Waals surface area contributed by atoms with Crippen LogP contribution >= 0.6 is 0 Å². The van der Waals surface area contributed by atoms with Crippen molar-refractivity contribution in [2.24, 2.45) is 11.8 Å². The van der Waals surface area contributed by atoms with Crippen molar-refractivity contribution in [1.82, 2.24) is 0 Å². The first kappa shape index (κ1) is 12.1. The minimum Gasteiger partial charge on any atom is -0.504 e. The van der Waals surface area contributed by atoms with E-state index in [2.05, 4.69) is 6.92 Å². The van der Waals surface area contributed by atoms with Crippen LogP contribution in [0.4, 0.5) is 0 Å². The lowest BCUT2D eigenvalue weighted by molar-refractivity contribution is -0.150. The monoisotopic (exact) mass is 212 g/mol. The van der Waals surface area contributed by atoms with Crippen molar-refractivity contribution in [3.05, 3.63) is 11.8 Å². The molecule has 1 fully saturated rings. The minimum atomic E-state index is -0.0403. The molecule has 3 heteroatoms. The van der Waals surface area contributed by atoms with Crippen molar-refractivity contribution in [1.29, 1.82) is 0 Å². The lowest BCUT2D eigenvalue weighted by atomic mass is 9.78. The Morgan fingerprint density at radius 1 is 1.60 bits per heavy atom. The lowest BCUT2D eigenvalue weighted by Crippen LogP contribution is -2.28. The summed E-state index contributed by atoms with van der Waals surface area (Å²) in [5.74, 6) is 0.389. The first-order chi connectivity index (χ1) is 7.19. The normalized spacial score (nSPS) is 28.9. The summed E-state index contributed by atoms with van der Waals surface area (Å²) < 4.78 is 10.1. The smallest absolute Gasteiger partial charge is 0.309 e. The second kappa shape index (κ2) is 5.79. The minimum absolute atomic E-state index is 0.0403. The summed E-state index contributed by atoms with van der Waals surface area (Å²) in [4.78, 5) is 11.6. The van der Waals surface area contributed by atoms with E-state index in [4.69, 9.17) is 9.47 Å². The quantitative estimate of drug-likeness (QED) is 0.532. The van der Waals surface area contributed by atoms with E-state index in [1.54, 1.807) is 13.4 Å². The van der Waals surface area contributed by atoms with E-state index in [0.717, 1.165) is 19.3 Å². The maximum atomic E-state index is 11.6. The highest BCUT2D eigenvalue weighted by atomic mass is 16.5. The molecule has 0 spiro atoms. The Kier molecular flexibility index (Phi) is 4.66. The van der Waals surface area contributed by atoms with Gasteiger partial charge in [-0.3, -0.25) is 4.79 Å². The fourth-order valence-electron chi connectivity index (χ4n) is 2.16. The molecule has 0 aromatic heterocycles. The molecule has 0 N–H and O–H groups in total. The summed E-state index contributed by atoms with van der Waals surface area (Å²) in [6.07, 6.45) is 4.58. The highest BCUT2D eigenvalue weighted by Crippen LogP contribution is 2.33. The maximum Gasteiger partial charge on any atom is 0.309 e. The fraction of sp³-hybridized carbons (Fsp3) is 0.750. The maximum absolute atomic E-state index is 11.6. The molecule has 0 bridgehead atoms. The van der Waals surface area contributed by atoms with Crippen molar-refractivity contribution < 1.29 is 14.3 Å². The Balaban J connectivity index is 2.52. The first-order valence-electron chi connectivity index (χ1n) is 5.56. The number of methoxy groups -OCH3 is 1. The largest absolute Gasteiger partial charge is 0.504 e. The summed E-state index contributed by atoms with van der Waals surface area (Å²) in [7, 11) is 1.66. The number of esters is 1. The molecular weight excluding hydrogens is 192 g/mol. The summed E-state index contributed by atoms with van der Waals surface area (Å²) in [5, 5.41) is 0. The van der Waals surface area contributed by atoms with Gasteiger partial charge in [-0.1, -0.05) is 6.92 Å². The number of hydrogen-bond donors (Lipinski definition) is 0. The van der Waals surface area contributed by atoms with Crippen LogP contribution in [0.1, 0.15) is 33.1 Å². The summed E-state index contributed by atoms with van der Waals surface area (Å²) in [6.45, 7) is 4.43. The molecule has 0 heterocycles. The zero-order valence-corrected chi connectivity index (χ0v) is 9.79. The van der Waals surface area contributed by atoms with Crippen LogP contribution in [0, 0.1) is 11.8 Å². The lowest BCUT2D eigenvalue weighted by Gasteiger charge is -2.28. The number of rotatable bonds is 3. The number of ether oxygens (including phenoxy) is 2. The van der Waals surface area contributed by atoms with Gasteiger partial charge in [0.05, 0.1) is 25.9 Å². The van der Waals surface area contributed by atoms with E-state index in [1.165, 1.54) is 5.57 Å². The van der Waals surface area contributed by atoms with Crippen LogP contribution in [-0.4, -0.2) is 19.7 Å². The van der Waals surface area contributed by atoms with E-state index < -0.39 is 0 Å². The van der Waals surface area contributed by atoms with Crippen LogP contribution in [0.15, 0.2) is 11.8 Å². The molecule has 1 saturated carbocycles. The SMILES string of the molecule is CCOC(=O)[C@@H]1CC/C(=C/OC)C[C@@H]1C. The van der Waals surface area contributed by atoms with Crippen LogP contribution in [-0.2, 0) is 14.3 Å². The molecule has 15 heavy (non-hydrogen) atoms. The van der Waals surface area contributed by atoms with E-state index in [0.29, 0.717) is 12.5 Å². The Labute approximate surface area is 91.4 Å². The molecule has 3 nitrogen and oxygen atoms in total. The average Bonchev–Trinajstić information content (AvgIpc) is 2.18. The molecule has 0 aromatic rings. The Morgan fingerprint density at radius 2 is 2.33 bits per heavy atom. The molecule has 0 radical (unpaired) electrons. The van der Waals surface area contributed by atoms with Gasteiger partial charge in [-0.15, -0.1) is 0 Å². The van der Waals surface area contributed by atoms with Crippen molar-refractivity contribution in [3.8, 4) is 0 Å². The third-order valence-corrected chi connectivity index (χ3v) is 2.92. The van der Waals surface area contributed by atoms with Gasteiger partial charge >= 0.3 is 5.97 Å². The summed E-state index contributed by atoms with van der Waals surface area (Å²) >= 11 is 0. The second-order valence-electron chi connectivity index (χ2n) is 4.09. The third kappa shape index (κ3) is 3.26. The number of hydrogen-bond acceptors (Lipinski definition) is 3.